The smallest absolute Gasteiger partial charge is 0.112 e. The van der Waals surface area contributed by atoms with Gasteiger partial charge in [-0.25, -0.2) is 0 Å². The van der Waals surface area contributed by atoms with Crippen molar-refractivity contribution in [3.05, 3.63) is 156 Å². The van der Waals surface area contributed by atoms with Gasteiger partial charge in [-0.3, -0.25) is 0 Å². The summed E-state index contributed by atoms with van der Waals surface area (Å²) in [6, 6.07) is 48.7. The Bertz CT molecular complexity index is 1300. The van der Waals surface area contributed by atoms with E-state index >= 15 is 0 Å². The van der Waals surface area contributed by atoms with Gasteiger partial charge in [-0.15, -0.1) is 0 Å². The van der Waals surface area contributed by atoms with Crippen molar-refractivity contribution in [1.29, 1.82) is 0 Å². The molecule has 6 rings (SSSR count). The summed E-state index contributed by atoms with van der Waals surface area (Å²) in [5.41, 5.74) is 8.31. The maximum Gasteiger partial charge on any atom is 0.112 e. The normalized spacial score (nSPS) is 16.7. The maximum atomic E-state index is 6.49. The molecule has 5 aromatic carbocycles. The molecule has 36 heavy (non-hydrogen) atoms. The van der Waals surface area contributed by atoms with Crippen LogP contribution in [-0.4, -0.2) is 12.7 Å². The van der Waals surface area contributed by atoms with E-state index in [2.05, 4.69) is 127 Å². The molecular formula is C34H28O2. The Morgan fingerprint density at radius 2 is 0.972 bits per heavy atom. The van der Waals surface area contributed by atoms with E-state index in [0.717, 1.165) is 11.1 Å². The largest absolute Gasteiger partial charge is 0.366 e. The number of ether oxygens (including phenoxy) is 2. The highest BCUT2D eigenvalue weighted by atomic mass is 16.6. The summed E-state index contributed by atoms with van der Waals surface area (Å²) in [5.74, 6) is 0. The van der Waals surface area contributed by atoms with E-state index in [1.807, 2.05) is 12.1 Å². The van der Waals surface area contributed by atoms with Gasteiger partial charge in [-0.2, -0.15) is 0 Å². The van der Waals surface area contributed by atoms with Gasteiger partial charge in [0.15, 0.2) is 0 Å². The standard InChI is InChI=1S/C34H28O2/c1-5-13-25(14-6-1)29-21-30(26-15-7-2-8-16-26)23-31(22-29)34-32(36-34)24-35-33(27-17-9-3-10-18-27)28-19-11-4-12-20-28/h1-23,32-34H,24H2/t32-,34+/m0/s1. The van der Waals surface area contributed by atoms with Crippen molar-refractivity contribution in [3.8, 4) is 22.3 Å². The van der Waals surface area contributed by atoms with Gasteiger partial charge >= 0.3 is 0 Å². The third-order valence-corrected chi connectivity index (χ3v) is 6.71. The third kappa shape index (κ3) is 5.01. The van der Waals surface area contributed by atoms with Gasteiger partial charge in [0.2, 0.25) is 0 Å². The fourth-order valence-electron chi connectivity index (χ4n) is 4.80. The topological polar surface area (TPSA) is 21.8 Å². The minimum Gasteiger partial charge on any atom is -0.366 e. The monoisotopic (exact) mass is 468 g/mol. The first-order valence-electron chi connectivity index (χ1n) is 12.5. The minimum atomic E-state index is -0.118. The molecule has 2 heteroatoms. The lowest BCUT2D eigenvalue weighted by Crippen LogP contribution is -2.11. The van der Waals surface area contributed by atoms with Crippen LogP contribution in [-0.2, 0) is 9.47 Å². The van der Waals surface area contributed by atoms with E-state index in [1.54, 1.807) is 0 Å². The molecule has 0 unspecified atom stereocenters. The van der Waals surface area contributed by atoms with Crippen molar-refractivity contribution in [2.45, 2.75) is 18.3 Å². The maximum absolute atomic E-state index is 6.49. The molecule has 1 heterocycles. The minimum absolute atomic E-state index is 0.0309. The van der Waals surface area contributed by atoms with Crippen LogP contribution in [0.3, 0.4) is 0 Å². The molecule has 0 saturated carbocycles. The van der Waals surface area contributed by atoms with Gasteiger partial charge in [0, 0.05) is 0 Å². The molecule has 0 spiro atoms. The molecule has 0 aliphatic carbocycles. The second-order valence-electron chi connectivity index (χ2n) is 9.21. The molecule has 0 bridgehead atoms. The number of benzene rings is 5. The zero-order chi connectivity index (χ0) is 24.2. The van der Waals surface area contributed by atoms with Crippen LogP contribution in [0.25, 0.3) is 22.3 Å². The molecule has 2 nitrogen and oxygen atoms in total. The third-order valence-electron chi connectivity index (χ3n) is 6.71. The highest BCUT2D eigenvalue weighted by Crippen LogP contribution is 2.43. The first-order chi connectivity index (χ1) is 17.8. The quantitative estimate of drug-likeness (QED) is 0.214. The fourth-order valence-corrected chi connectivity index (χ4v) is 4.80. The summed E-state index contributed by atoms with van der Waals surface area (Å²) in [4.78, 5) is 0. The number of rotatable bonds is 8. The fraction of sp³-hybridized carbons (Fsp3) is 0.118. The van der Waals surface area contributed by atoms with Gasteiger partial charge in [-0.1, -0.05) is 121 Å². The van der Waals surface area contributed by atoms with Gasteiger partial charge in [0.25, 0.3) is 0 Å². The summed E-state index contributed by atoms with van der Waals surface area (Å²) >= 11 is 0. The molecule has 1 saturated heterocycles. The highest BCUT2D eigenvalue weighted by Gasteiger charge is 2.41. The van der Waals surface area contributed by atoms with Crippen LogP contribution < -0.4 is 0 Å². The van der Waals surface area contributed by atoms with Crippen molar-refractivity contribution in [3.63, 3.8) is 0 Å². The van der Waals surface area contributed by atoms with E-state index in [0.29, 0.717) is 6.61 Å². The summed E-state index contributed by atoms with van der Waals surface area (Å²) < 4.78 is 12.7. The van der Waals surface area contributed by atoms with Crippen LogP contribution in [0.1, 0.15) is 28.9 Å². The van der Waals surface area contributed by atoms with Gasteiger partial charge in [0.1, 0.15) is 18.3 Å². The lowest BCUT2D eigenvalue weighted by molar-refractivity contribution is 0.0672. The summed E-state index contributed by atoms with van der Waals surface area (Å²) in [6.07, 6.45) is -0.0503. The van der Waals surface area contributed by atoms with Gasteiger partial charge in [-0.05, 0) is 57.1 Å². The van der Waals surface area contributed by atoms with Crippen LogP contribution in [0.5, 0.6) is 0 Å². The van der Waals surface area contributed by atoms with Gasteiger partial charge < -0.3 is 9.47 Å². The Labute approximate surface area is 212 Å². The molecule has 5 aromatic rings. The first-order valence-corrected chi connectivity index (χ1v) is 12.5. The average molecular weight is 469 g/mol. The van der Waals surface area contributed by atoms with Crippen LogP contribution in [0, 0.1) is 0 Å². The molecule has 0 amide bonds. The van der Waals surface area contributed by atoms with E-state index in [4.69, 9.17) is 9.47 Å². The first kappa shape index (κ1) is 22.5. The van der Waals surface area contributed by atoms with Crippen LogP contribution in [0.2, 0.25) is 0 Å². The average Bonchev–Trinajstić information content (AvgIpc) is 3.75. The number of hydrogen-bond donors (Lipinski definition) is 0. The Balaban J connectivity index is 1.25. The van der Waals surface area contributed by atoms with E-state index in [-0.39, 0.29) is 18.3 Å². The van der Waals surface area contributed by atoms with Crippen LogP contribution >= 0.6 is 0 Å². The van der Waals surface area contributed by atoms with E-state index in [1.165, 1.54) is 27.8 Å². The van der Waals surface area contributed by atoms with Crippen molar-refractivity contribution >= 4 is 0 Å². The molecule has 0 radical (unpaired) electrons. The zero-order valence-corrected chi connectivity index (χ0v) is 20.0. The van der Waals surface area contributed by atoms with E-state index < -0.39 is 0 Å². The van der Waals surface area contributed by atoms with Crippen LogP contribution in [0.4, 0.5) is 0 Å². The Kier molecular flexibility index (Phi) is 6.45. The number of epoxide rings is 1. The predicted molar refractivity (Wildman–Crippen MR) is 146 cm³/mol. The molecular weight excluding hydrogens is 440 g/mol. The van der Waals surface area contributed by atoms with Crippen molar-refractivity contribution in [1.82, 2.24) is 0 Å². The molecule has 2 atom stereocenters. The Morgan fingerprint density at radius 3 is 1.44 bits per heavy atom. The summed E-state index contributed by atoms with van der Waals surface area (Å²) in [5, 5.41) is 0. The van der Waals surface area contributed by atoms with Crippen LogP contribution in [0.15, 0.2) is 140 Å². The zero-order valence-electron chi connectivity index (χ0n) is 20.0. The summed E-state index contributed by atoms with van der Waals surface area (Å²) in [7, 11) is 0. The second kappa shape index (κ2) is 10.3. The SMILES string of the molecule is c1ccc(-c2cc(-c3ccccc3)cc([C@H]3O[C@H]3COC(c3ccccc3)c3ccccc3)c2)cc1. The van der Waals surface area contributed by atoms with Gasteiger partial charge in [0.05, 0.1) is 6.61 Å². The molecule has 1 fully saturated rings. The molecule has 1 aliphatic heterocycles. The second-order valence-corrected chi connectivity index (χ2v) is 9.21. The van der Waals surface area contributed by atoms with E-state index in [9.17, 15) is 0 Å². The molecule has 1 aliphatic rings. The predicted octanol–water partition coefficient (Wildman–Crippen LogP) is 8.27. The number of hydrogen-bond acceptors (Lipinski definition) is 2. The highest BCUT2D eigenvalue weighted by molar-refractivity contribution is 5.74. The molecule has 0 N–H and O–H groups in total. The lowest BCUT2D eigenvalue weighted by atomic mass is 9.94. The molecule has 0 aromatic heterocycles. The van der Waals surface area contributed by atoms with Crippen molar-refractivity contribution in [2.75, 3.05) is 6.61 Å². The van der Waals surface area contributed by atoms with Crippen molar-refractivity contribution < 1.29 is 9.47 Å². The van der Waals surface area contributed by atoms with Crippen molar-refractivity contribution in [2.24, 2.45) is 0 Å². The Morgan fingerprint density at radius 1 is 0.528 bits per heavy atom. The summed E-state index contributed by atoms with van der Waals surface area (Å²) in [6.45, 7) is 0.537. The Hall–Kier alpha value is -3.98. The lowest BCUT2D eigenvalue weighted by Gasteiger charge is -2.18. The molecule has 176 valence electrons.